The van der Waals surface area contributed by atoms with Crippen molar-refractivity contribution in [2.75, 3.05) is 4.72 Å². The molecule has 9 heteroatoms. The van der Waals surface area contributed by atoms with E-state index in [0.29, 0.717) is 5.69 Å². The van der Waals surface area contributed by atoms with Crippen molar-refractivity contribution < 1.29 is 27.1 Å². The minimum absolute atomic E-state index is 0.303. The van der Waals surface area contributed by atoms with Gasteiger partial charge in [-0.05, 0) is 25.1 Å². The summed E-state index contributed by atoms with van der Waals surface area (Å²) in [5, 5.41) is 8.94. The molecule has 0 spiro atoms. The van der Waals surface area contributed by atoms with E-state index in [1.807, 2.05) is 4.72 Å². The van der Waals surface area contributed by atoms with Crippen LogP contribution in [0.2, 0.25) is 0 Å². The van der Waals surface area contributed by atoms with Crippen LogP contribution in [0.4, 0.5) is 14.5 Å². The van der Waals surface area contributed by atoms with Gasteiger partial charge in [0.15, 0.2) is 4.90 Å². The lowest BCUT2D eigenvalue weighted by molar-refractivity contribution is 0.0692. The van der Waals surface area contributed by atoms with E-state index in [0.717, 1.165) is 18.2 Å². The maximum Gasteiger partial charge on any atom is 0.354 e. The number of aromatic carboxylic acids is 1. The number of benzene rings is 1. The third kappa shape index (κ3) is 2.87. The monoisotopic (exact) mass is 316 g/mol. The highest BCUT2D eigenvalue weighted by Gasteiger charge is 2.26. The lowest BCUT2D eigenvalue weighted by Crippen LogP contribution is -2.17. The number of halogens is 2. The van der Waals surface area contributed by atoms with E-state index in [2.05, 4.69) is 4.98 Å². The molecule has 0 saturated carbocycles. The standard InChI is InChI=1S/C12H10F2N2O4S/c1-6-5-9(10(15-6)12(17)18)16-21(19,20)11-7(13)3-2-4-8(11)14/h2-5,15-16H,1H3,(H,17,18). The van der Waals surface area contributed by atoms with E-state index in [9.17, 15) is 22.0 Å². The zero-order valence-electron chi connectivity index (χ0n) is 10.6. The van der Waals surface area contributed by atoms with Gasteiger partial charge in [-0.25, -0.2) is 22.0 Å². The molecule has 0 aliphatic heterocycles. The molecule has 0 aliphatic rings. The van der Waals surface area contributed by atoms with Gasteiger partial charge < -0.3 is 10.1 Å². The number of carboxylic acids is 1. The molecule has 0 radical (unpaired) electrons. The summed E-state index contributed by atoms with van der Waals surface area (Å²) in [6.07, 6.45) is 0. The first-order chi connectivity index (χ1) is 9.72. The molecule has 0 fully saturated rings. The first-order valence-corrected chi connectivity index (χ1v) is 7.10. The smallest absolute Gasteiger partial charge is 0.354 e. The molecule has 2 aromatic rings. The highest BCUT2D eigenvalue weighted by Crippen LogP contribution is 2.24. The van der Waals surface area contributed by atoms with E-state index in [1.165, 1.54) is 13.0 Å². The van der Waals surface area contributed by atoms with E-state index in [1.54, 1.807) is 0 Å². The van der Waals surface area contributed by atoms with Crippen molar-refractivity contribution in [3.05, 3.63) is 47.3 Å². The van der Waals surface area contributed by atoms with Gasteiger partial charge in [0.25, 0.3) is 10.0 Å². The molecule has 0 amide bonds. The molecule has 0 saturated heterocycles. The summed E-state index contributed by atoms with van der Waals surface area (Å²) in [6, 6.07) is 3.81. The average Bonchev–Trinajstić information content (AvgIpc) is 2.68. The van der Waals surface area contributed by atoms with Crippen LogP contribution >= 0.6 is 0 Å². The van der Waals surface area contributed by atoms with E-state index in [4.69, 9.17) is 5.11 Å². The summed E-state index contributed by atoms with van der Waals surface area (Å²) in [6.45, 7) is 1.51. The minimum atomic E-state index is -4.60. The van der Waals surface area contributed by atoms with Crippen LogP contribution in [0, 0.1) is 18.6 Å². The molecule has 3 N–H and O–H groups in total. The highest BCUT2D eigenvalue weighted by atomic mass is 32.2. The van der Waals surface area contributed by atoms with Gasteiger partial charge in [0, 0.05) is 5.69 Å². The predicted molar refractivity (Wildman–Crippen MR) is 69.7 cm³/mol. The van der Waals surface area contributed by atoms with Gasteiger partial charge in [-0.1, -0.05) is 6.07 Å². The van der Waals surface area contributed by atoms with Crippen molar-refractivity contribution in [2.45, 2.75) is 11.8 Å². The molecule has 0 unspecified atom stereocenters. The van der Waals surface area contributed by atoms with Crippen LogP contribution in [0.5, 0.6) is 0 Å². The molecule has 2 rings (SSSR count). The Hall–Kier alpha value is -2.42. The summed E-state index contributed by atoms with van der Waals surface area (Å²) in [5.74, 6) is -3.95. The molecule has 0 bridgehead atoms. The second kappa shape index (κ2) is 5.17. The number of carbonyl (C=O) groups is 1. The van der Waals surface area contributed by atoms with Crippen molar-refractivity contribution in [2.24, 2.45) is 0 Å². The van der Waals surface area contributed by atoms with Crippen molar-refractivity contribution in [1.29, 1.82) is 0 Å². The Balaban J connectivity index is 2.50. The van der Waals surface area contributed by atoms with E-state index in [-0.39, 0.29) is 5.69 Å². The number of hydrogen-bond acceptors (Lipinski definition) is 3. The van der Waals surface area contributed by atoms with Gasteiger partial charge in [-0.15, -0.1) is 0 Å². The van der Waals surface area contributed by atoms with Crippen LogP contribution in [0.1, 0.15) is 16.2 Å². The average molecular weight is 316 g/mol. The molecule has 0 aliphatic carbocycles. The normalized spacial score (nSPS) is 11.4. The maximum atomic E-state index is 13.5. The third-order valence-electron chi connectivity index (χ3n) is 2.60. The molecular formula is C12H10F2N2O4S. The third-order valence-corrected chi connectivity index (χ3v) is 4.01. The molecule has 112 valence electrons. The molecule has 1 aromatic heterocycles. The molecule has 0 atom stereocenters. The fourth-order valence-electron chi connectivity index (χ4n) is 1.77. The van der Waals surface area contributed by atoms with Crippen LogP contribution in [0.3, 0.4) is 0 Å². The summed E-state index contributed by atoms with van der Waals surface area (Å²) in [4.78, 5) is 12.2. The lowest BCUT2D eigenvalue weighted by atomic mass is 10.3. The zero-order valence-corrected chi connectivity index (χ0v) is 11.5. The summed E-state index contributed by atoms with van der Waals surface area (Å²) in [5.41, 5.74) is -0.352. The largest absolute Gasteiger partial charge is 0.477 e. The van der Waals surface area contributed by atoms with Crippen molar-refractivity contribution in [3.63, 3.8) is 0 Å². The van der Waals surface area contributed by atoms with Crippen LogP contribution < -0.4 is 4.72 Å². The summed E-state index contributed by atoms with van der Waals surface area (Å²) >= 11 is 0. The second-order valence-corrected chi connectivity index (χ2v) is 5.82. The Bertz CT molecular complexity index is 794. The van der Waals surface area contributed by atoms with E-state index >= 15 is 0 Å². The lowest BCUT2D eigenvalue weighted by Gasteiger charge is -2.09. The molecular weight excluding hydrogens is 306 g/mol. The number of hydrogen-bond donors (Lipinski definition) is 3. The molecule has 1 aromatic carbocycles. The van der Waals surface area contributed by atoms with Crippen molar-refractivity contribution in [3.8, 4) is 0 Å². The SMILES string of the molecule is Cc1cc(NS(=O)(=O)c2c(F)cccc2F)c(C(=O)O)[nH]1. The van der Waals surface area contributed by atoms with Crippen molar-refractivity contribution in [1.82, 2.24) is 4.98 Å². The fraction of sp³-hybridized carbons (Fsp3) is 0.0833. The number of nitrogens with one attached hydrogen (secondary N) is 2. The first-order valence-electron chi connectivity index (χ1n) is 5.62. The number of carboxylic acid groups (broad SMARTS) is 1. The van der Waals surface area contributed by atoms with Gasteiger partial charge in [0.1, 0.15) is 17.3 Å². The predicted octanol–water partition coefficient (Wildman–Crippen LogP) is 2.10. The number of aromatic amines is 1. The van der Waals surface area contributed by atoms with Crippen LogP contribution in [0.15, 0.2) is 29.2 Å². The Morgan fingerprint density at radius 2 is 1.86 bits per heavy atom. The topological polar surface area (TPSA) is 99.3 Å². The number of anilines is 1. The minimum Gasteiger partial charge on any atom is -0.477 e. The molecule has 21 heavy (non-hydrogen) atoms. The Morgan fingerprint density at radius 3 is 2.38 bits per heavy atom. The summed E-state index contributed by atoms with van der Waals surface area (Å²) in [7, 11) is -4.60. The van der Waals surface area contributed by atoms with E-state index < -0.39 is 38.2 Å². The second-order valence-electron chi connectivity index (χ2n) is 4.20. The summed E-state index contributed by atoms with van der Waals surface area (Å²) < 4.78 is 53.0. The molecule has 6 nitrogen and oxygen atoms in total. The quantitative estimate of drug-likeness (QED) is 0.804. The van der Waals surface area contributed by atoms with Gasteiger partial charge >= 0.3 is 5.97 Å². The zero-order chi connectivity index (χ0) is 15.8. The number of H-pyrrole nitrogens is 1. The first kappa shape index (κ1) is 15.0. The number of aromatic nitrogens is 1. The number of rotatable bonds is 4. The Morgan fingerprint density at radius 1 is 1.29 bits per heavy atom. The van der Waals surface area contributed by atoms with Crippen molar-refractivity contribution >= 4 is 21.7 Å². The molecule has 1 heterocycles. The Labute approximate surface area is 118 Å². The highest BCUT2D eigenvalue weighted by molar-refractivity contribution is 7.92. The Kier molecular flexibility index (Phi) is 3.69. The van der Waals surface area contributed by atoms with Gasteiger partial charge in [0.05, 0.1) is 5.69 Å². The van der Waals surface area contributed by atoms with Gasteiger partial charge in [-0.2, -0.15) is 0 Å². The van der Waals surface area contributed by atoms with Gasteiger partial charge in [-0.3, -0.25) is 4.72 Å². The fourth-order valence-corrected chi connectivity index (χ4v) is 2.98. The number of sulfonamides is 1. The number of aryl methyl sites for hydroxylation is 1. The maximum absolute atomic E-state index is 13.5. The van der Waals surface area contributed by atoms with Gasteiger partial charge in [0.2, 0.25) is 0 Å². The van der Waals surface area contributed by atoms with Crippen LogP contribution in [-0.2, 0) is 10.0 Å². The van der Waals surface area contributed by atoms with Crippen LogP contribution in [0.25, 0.3) is 0 Å². The van der Waals surface area contributed by atoms with Crippen LogP contribution in [-0.4, -0.2) is 24.5 Å².